The molecule has 3 rings (SSSR count). The van der Waals surface area contributed by atoms with E-state index in [1.54, 1.807) is 0 Å². The van der Waals surface area contributed by atoms with E-state index in [4.69, 9.17) is 14.0 Å². The average molecular weight is 309 g/mol. The van der Waals surface area contributed by atoms with Crippen molar-refractivity contribution < 1.29 is 14.0 Å². The Hall–Kier alpha value is -2.75. The Balaban J connectivity index is 1.55. The molecule has 0 aliphatic heterocycles. The fourth-order valence-corrected chi connectivity index (χ4v) is 2.24. The number of hydrogen-bond acceptors (Lipinski definition) is 4. The summed E-state index contributed by atoms with van der Waals surface area (Å²) in [6, 6.07) is 17.7. The summed E-state index contributed by atoms with van der Waals surface area (Å²) in [7, 11) is 0. The van der Waals surface area contributed by atoms with Crippen LogP contribution in [0.15, 0.2) is 59.1 Å². The van der Waals surface area contributed by atoms with Gasteiger partial charge in [-0.1, -0.05) is 35.5 Å². The van der Waals surface area contributed by atoms with Gasteiger partial charge in [-0.25, -0.2) is 0 Å². The Bertz CT molecular complexity index is 729. The minimum atomic E-state index is 0.450. The first kappa shape index (κ1) is 15.2. The van der Waals surface area contributed by atoms with Crippen LogP contribution in [0.25, 0.3) is 0 Å². The largest absolute Gasteiger partial charge is 0.489 e. The molecule has 0 saturated heterocycles. The third kappa shape index (κ3) is 3.92. The van der Waals surface area contributed by atoms with Crippen molar-refractivity contribution >= 4 is 0 Å². The molecule has 0 fully saturated rings. The molecule has 1 heterocycles. The summed E-state index contributed by atoms with van der Waals surface area (Å²) >= 11 is 0. The molecule has 3 aromatic rings. The zero-order valence-electron chi connectivity index (χ0n) is 13.3. The number of hydrogen-bond donors (Lipinski definition) is 0. The molecule has 0 saturated carbocycles. The van der Waals surface area contributed by atoms with E-state index in [1.807, 2.05) is 68.4 Å². The molecule has 0 amide bonds. The van der Waals surface area contributed by atoms with E-state index in [0.29, 0.717) is 13.2 Å². The van der Waals surface area contributed by atoms with Crippen molar-refractivity contribution in [1.82, 2.24) is 5.16 Å². The second-order valence-electron chi connectivity index (χ2n) is 5.34. The van der Waals surface area contributed by atoms with Crippen LogP contribution in [0.3, 0.4) is 0 Å². The van der Waals surface area contributed by atoms with Gasteiger partial charge in [0.05, 0.1) is 11.3 Å². The standard InChI is InChI=1S/C19H19NO3/c1-14-19(15(2)23-20-14)13-22-18-10-8-17(9-11-18)21-12-16-6-4-3-5-7-16/h3-11H,12-13H2,1-2H3. The third-order valence-electron chi connectivity index (χ3n) is 3.64. The Morgan fingerprint density at radius 2 is 1.43 bits per heavy atom. The minimum absolute atomic E-state index is 0.450. The SMILES string of the molecule is Cc1noc(C)c1COc1ccc(OCc2ccccc2)cc1. The number of aryl methyl sites for hydroxylation is 2. The smallest absolute Gasteiger partial charge is 0.140 e. The fraction of sp³-hybridized carbons (Fsp3) is 0.211. The first-order chi connectivity index (χ1) is 11.2. The zero-order chi connectivity index (χ0) is 16.1. The van der Waals surface area contributed by atoms with Crippen LogP contribution in [0.4, 0.5) is 0 Å². The van der Waals surface area contributed by atoms with Crippen LogP contribution in [0, 0.1) is 13.8 Å². The van der Waals surface area contributed by atoms with Gasteiger partial charge in [0.25, 0.3) is 0 Å². The van der Waals surface area contributed by atoms with Crippen LogP contribution in [0.1, 0.15) is 22.6 Å². The summed E-state index contributed by atoms with van der Waals surface area (Å²) in [4.78, 5) is 0. The Labute approximate surface area is 135 Å². The van der Waals surface area contributed by atoms with Gasteiger partial charge in [0.15, 0.2) is 0 Å². The van der Waals surface area contributed by atoms with Crippen molar-refractivity contribution in [1.29, 1.82) is 0 Å². The second-order valence-corrected chi connectivity index (χ2v) is 5.34. The van der Waals surface area contributed by atoms with Crippen LogP contribution in [0.2, 0.25) is 0 Å². The van der Waals surface area contributed by atoms with Gasteiger partial charge in [0, 0.05) is 0 Å². The predicted molar refractivity (Wildman–Crippen MR) is 87.5 cm³/mol. The molecule has 0 bridgehead atoms. The molecule has 0 N–H and O–H groups in total. The van der Waals surface area contributed by atoms with Gasteiger partial charge in [-0.3, -0.25) is 0 Å². The average Bonchev–Trinajstić information content (AvgIpc) is 2.91. The van der Waals surface area contributed by atoms with Crippen LogP contribution < -0.4 is 9.47 Å². The summed E-state index contributed by atoms with van der Waals surface area (Å²) in [5.74, 6) is 2.40. The van der Waals surface area contributed by atoms with E-state index in [2.05, 4.69) is 5.16 Å². The highest BCUT2D eigenvalue weighted by Gasteiger charge is 2.09. The van der Waals surface area contributed by atoms with E-state index in [9.17, 15) is 0 Å². The lowest BCUT2D eigenvalue weighted by atomic mass is 10.2. The van der Waals surface area contributed by atoms with Crippen LogP contribution >= 0.6 is 0 Å². The number of ether oxygens (including phenoxy) is 2. The van der Waals surface area contributed by atoms with Crippen molar-refractivity contribution in [3.05, 3.63) is 77.2 Å². The molecule has 4 heteroatoms. The zero-order valence-corrected chi connectivity index (χ0v) is 13.3. The molecule has 1 aromatic heterocycles. The van der Waals surface area contributed by atoms with Crippen LogP contribution in [-0.4, -0.2) is 5.16 Å². The highest BCUT2D eigenvalue weighted by molar-refractivity contribution is 5.32. The highest BCUT2D eigenvalue weighted by Crippen LogP contribution is 2.21. The minimum Gasteiger partial charge on any atom is -0.489 e. The first-order valence-electron chi connectivity index (χ1n) is 7.54. The topological polar surface area (TPSA) is 44.5 Å². The maximum atomic E-state index is 5.77. The third-order valence-corrected chi connectivity index (χ3v) is 3.64. The molecule has 0 unspecified atom stereocenters. The van der Waals surface area contributed by atoms with Gasteiger partial charge in [-0.2, -0.15) is 0 Å². The summed E-state index contributed by atoms with van der Waals surface area (Å²) in [6.07, 6.45) is 0. The summed E-state index contributed by atoms with van der Waals surface area (Å²) < 4.78 is 16.7. The van der Waals surface area contributed by atoms with Crippen molar-refractivity contribution in [3.63, 3.8) is 0 Å². The molecular formula is C19H19NO3. The van der Waals surface area contributed by atoms with E-state index in [0.717, 1.165) is 34.1 Å². The van der Waals surface area contributed by atoms with E-state index in [1.165, 1.54) is 0 Å². The maximum absolute atomic E-state index is 5.77. The lowest BCUT2D eigenvalue weighted by molar-refractivity contribution is 0.295. The van der Waals surface area contributed by atoms with Crippen LogP contribution in [-0.2, 0) is 13.2 Å². The van der Waals surface area contributed by atoms with E-state index >= 15 is 0 Å². The summed E-state index contributed by atoms with van der Waals surface area (Å²) in [5.41, 5.74) is 3.01. The molecule has 0 atom stereocenters. The number of aromatic nitrogens is 1. The normalized spacial score (nSPS) is 10.5. The van der Waals surface area contributed by atoms with E-state index in [-0.39, 0.29) is 0 Å². The van der Waals surface area contributed by atoms with Crippen molar-refractivity contribution in [3.8, 4) is 11.5 Å². The lowest BCUT2D eigenvalue weighted by Gasteiger charge is -2.09. The lowest BCUT2D eigenvalue weighted by Crippen LogP contribution is -1.98. The van der Waals surface area contributed by atoms with Gasteiger partial charge in [-0.05, 0) is 43.7 Å². The number of rotatable bonds is 6. The Morgan fingerprint density at radius 1 is 0.826 bits per heavy atom. The highest BCUT2D eigenvalue weighted by atomic mass is 16.5. The van der Waals surface area contributed by atoms with Gasteiger partial charge in [0.1, 0.15) is 30.5 Å². The van der Waals surface area contributed by atoms with Gasteiger partial charge < -0.3 is 14.0 Å². The quantitative estimate of drug-likeness (QED) is 0.675. The van der Waals surface area contributed by atoms with Crippen molar-refractivity contribution in [2.45, 2.75) is 27.1 Å². The maximum Gasteiger partial charge on any atom is 0.140 e. The molecular weight excluding hydrogens is 290 g/mol. The monoisotopic (exact) mass is 309 g/mol. The summed E-state index contributed by atoms with van der Waals surface area (Å²) in [6.45, 7) is 4.81. The molecule has 0 spiro atoms. The van der Waals surface area contributed by atoms with Crippen molar-refractivity contribution in [2.75, 3.05) is 0 Å². The number of nitrogens with zero attached hydrogens (tertiary/aromatic N) is 1. The Morgan fingerprint density at radius 3 is 2.00 bits per heavy atom. The predicted octanol–water partition coefficient (Wildman–Crippen LogP) is 4.45. The van der Waals surface area contributed by atoms with Gasteiger partial charge in [-0.15, -0.1) is 0 Å². The molecule has 0 aliphatic carbocycles. The molecule has 2 aromatic carbocycles. The summed E-state index contributed by atoms with van der Waals surface area (Å²) in [5, 5.41) is 3.92. The first-order valence-corrected chi connectivity index (χ1v) is 7.54. The molecule has 23 heavy (non-hydrogen) atoms. The second kappa shape index (κ2) is 7.01. The molecule has 4 nitrogen and oxygen atoms in total. The van der Waals surface area contributed by atoms with Gasteiger partial charge in [0.2, 0.25) is 0 Å². The molecule has 118 valence electrons. The number of benzene rings is 2. The van der Waals surface area contributed by atoms with Gasteiger partial charge >= 0.3 is 0 Å². The fourth-order valence-electron chi connectivity index (χ4n) is 2.24. The van der Waals surface area contributed by atoms with Crippen LogP contribution in [0.5, 0.6) is 11.5 Å². The van der Waals surface area contributed by atoms with E-state index < -0.39 is 0 Å². The van der Waals surface area contributed by atoms with Crippen molar-refractivity contribution in [2.24, 2.45) is 0 Å². The molecule has 0 aliphatic rings. The Kier molecular flexibility index (Phi) is 4.62. The molecule has 0 radical (unpaired) electrons.